The number of nitrogens with zero attached hydrogens (tertiary/aromatic N) is 1. The molecule has 0 bridgehead atoms. The first-order chi connectivity index (χ1) is 7.04. The number of carbonyl (C=O) groups excluding carboxylic acids is 2. The number of ether oxygens (including phenoxy) is 1. The summed E-state index contributed by atoms with van der Waals surface area (Å²) in [5.41, 5.74) is 0.578. The van der Waals surface area contributed by atoms with Crippen LogP contribution in [0.15, 0.2) is 12.3 Å². The zero-order chi connectivity index (χ0) is 11.4. The van der Waals surface area contributed by atoms with E-state index in [1.807, 2.05) is 0 Å². The molecule has 1 N–H and O–H groups in total. The van der Waals surface area contributed by atoms with Crippen LogP contribution >= 0.6 is 0 Å². The van der Waals surface area contributed by atoms with Gasteiger partial charge in [-0.2, -0.15) is 5.26 Å². The van der Waals surface area contributed by atoms with Crippen LogP contribution in [0.2, 0.25) is 0 Å². The van der Waals surface area contributed by atoms with Crippen LogP contribution in [0, 0.1) is 11.3 Å². The van der Waals surface area contributed by atoms with Crippen LogP contribution in [-0.4, -0.2) is 22.8 Å². The van der Waals surface area contributed by atoms with Gasteiger partial charge in [-0.15, -0.1) is 0 Å². The zero-order valence-electron chi connectivity index (χ0n) is 8.40. The highest BCUT2D eigenvalue weighted by atomic mass is 16.5. The maximum absolute atomic E-state index is 11.3. The third-order valence-electron chi connectivity index (χ3n) is 1.78. The number of esters is 1. The molecule has 1 aromatic rings. The predicted octanol–water partition coefficient (Wildman–Crippen LogP) is 1.29. The molecule has 1 heterocycles. The van der Waals surface area contributed by atoms with Gasteiger partial charge in [-0.3, -0.25) is 4.79 Å². The largest absolute Gasteiger partial charge is 0.443 e. The van der Waals surface area contributed by atoms with Crippen molar-refractivity contribution in [1.29, 1.82) is 5.26 Å². The van der Waals surface area contributed by atoms with E-state index in [0.29, 0.717) is 5.56 Å². The second kappa shape index (κ2) is 4.42. The van der Waals surface area contributed by atoms with E-state index in [9.17, 15) is 9.59 Å². The van der Waals surface area contributed by atoms with Gasteiger partial charge in [-0.25, -0.2) is 4.79 Å². The zero-order valence-corrected chi connectivity index (χ0v) is 8.40. The third kappa shape index (κ3) is 2.68. The molecule has 0 aromatic carbocycles. The quantitative estimate of drug-likeness (QED) is 0.596. The van der Waals surface area contributed by atoms with E-state index in [2.05, 4.69) is 4.98 Å². The molecular formula is C10H10N2O3. The lowest BCUT2D eigenvalue weighted by Gasteiger charge is -2.03. The van der Waals surface area contributed by atoms with Crippen molar-refractivity contribution in [2.45, 2.75) is 20.0 Å². The number of hydrogen-bond donors (Lipinski definition) is 1. The summed E-state index contributed by atoms with van der Waals surface area (Å²) in [6.07, 6.45) is 0.622. The summed E-state index contributed by atoms with van der Waals surface area (Å²) in [7, 11) is 0. The summed E-state index contributed by atoms with van der Waals surface area (Å²) in [5.74, 6) is -0.782. The first-order valence-corrected chi connectivity index (χ1v) is 4.34. The van der Waals surface area contributed by atoms with E-state index in [1.165, 1.54) is 26.1 Å². The molecule has 5 nitrogen and oxygen atoms in total. The fourth-order valence-corrected chi connectivity index (χ4v) is 0.966. The molecule has 5 heteroatoms. The summed E-state index contributed by atoms with van der Waals surface area (Å²) in [5, 5.41) is 8.43. The Morgan fingerprint density at radius 3 is 2.73 bits per heavy atom. The van der Waals surface area contributed by atoms with Gasteiger partial charge in [0.25, 0.3) is 0 Å². The number of nitrogens with one attached hydrogen (secondary N) is 1. The standard InChI is InChI=1S/C10H10N2O3/c1-6(4-11)15-10(14)9-3-8(5-12-9)7(2)13/h3,5-6,12H,1-2H3/t6-/m1/s1. The molecule has 0 amide bonds. The fraction of sp³-hybridized carbons (Fsp3) is 0.300. The van der Waals surface area contributed by atoms with Crippen molar-refractivity contribution < 1.29 is 14.3 Å². The summed E-state index contributed by atoms with van der Waals surface area (Å²) in [4.78, 5) is 24.9. The summed E-state index contributed by atoms with van der Waals surface area (Å²) >= 11 is 0. The SMILES string of the molecule is CC(=O)c1c[nH]c(C(=O)O[C@H](C)C#N)c1. The van der Waals surface area contributed by atoms with Crippen LogP contribution in [-0.2, 0) is 4.74 Å². The van der Waals surface area contributed by atoms with Crippen LogP contribution in [0.5, 0.6) is 0 Å². The molecule has 78 valence electrons. The topological polar surface area (TPSA) is 82.9 Å². The van der Waals surface area contributed by atoms with Crippen LogP contribution in [0.3, 0.4) is 0 Å². The van der Waals surface area contributed by atoms with E-state index >= 15 is 0 Å². The molecule has 0 fully saturated rings. The average molecular weight is 206 g/mol. The molecule has 1 aromatic heterocycles. The van der Waals surface area contributed by atoms with Crippen molar-refractivity contribution in [3.05, 3.63) is 23.5 Å². The first-order valence-electron chi connectivity index (χ1n) is 4.34. The molecule has 1 rings (SSSR count). The van der Waals surface area contributed by atoms with Crippen molar-refractivity contribution in [1.82, 2.24) is 4.98 Å². The Bertz CT molecular complexity index is 428. The number of ketones is 1. The highest BCUT2D eigenvalue weighted by Gasteiger charge is 2.14. The van der Waals surface area contributed by atoms with E-state index in [0.717, 1.165) is 0 Å². The van der Waals surface area contributed by atoms with Gasteiger partial charge in [0.1, 0.15) is 11.8 Å². The maximum atomic E-state index is 11.3. The Hall–Kier alpha value is -2.09. The minimum atomic E-state index is -0.804. The number of aromatic nitrogens is 1. The van der Waals surface area contributed by atoms with Gasteiger partial charge in [-0.1, -0.05) is 0 Å². The van der Waals surface area contributed by atoms with Gasteiger partial charge in [0, 0.05) is 11.8 Å². The maximum Gasteiger partial charge on any atom is 0.356 e. The monoisotopic (exact) mass is 206 g/mol. The highest BCUT2D eigenvalue weighted by molar-refractivity contribution is 5.97. The van der Waals surface area contributed by atoms with Crippen LogP contribution in [0.1, 0.15) is 34.7 Å². The Morgan fingerprint density at radius 2 is 2.27 bits per heavy atom. The Morgan fingerprint density at radius 1 is 1.60 bits per heavy atom. The predicted molar refractivity (Wildman–Crippen MR) is 51.3 cm³/mol. The van der Waals surface area contributed by atoms with Gasteiger partial charge < -0.3 is 9.72 Å². The van der Waals surface area contributed by atoms with Gasteiger partial charge >= 0.3 is 5.97 Å². The molecular weight excluding hydrogens is 196 g/mol. The van der Waals surface area contributed by atoms with Crippen molar-refractivity contribution in [2.75, 3.05) is 0 Å². The van der Waals surface area contributed by atoms with Gasteiger partial charge in [0.2, 0.25) is 0 Å². The van der Waals surface area contributed by atoms with E-state index in [4.69, 9.17) is 10.00 Å². The molecule has 0 saturated heterocycles. The smallest absolute Gasteiger partial charge is 0.356 e. The average Bonchev–Trinajstić information content (AvgIpc) is 2.66. The molecule has 0 spiro atoms. The van der Waals surface area contributed by atoms with Crippen molar-refractivity contribution in [3.8, 4) is 6.07 Å². The first kappa shape index (κ1) is 11.0. The van der Waals surface area contributed by atoms with Crippen LogP contribution < -0.4 is 0 Å². The number of H-pyrrole nitrogens is 1. The number of rotatable bonds is 3. The molecule has 0 saturated carbocycles. The lowest BCUT2D eigenvalue weighted by atomic mass is 10.2. The summed E-state index contributed by atoms with van der Waals surface area (Å²) < 4.78 is 4.74. The summed E-state index contributed by atoms with van der Waals surface area (Å²) in [6.45, 7) is 2.86. The normalized spacial score (nSPS) is 11.5. The third-order valence-corrected chi connectivity index (χ3v) is 1.78. The number of hydrogen-bond acceptors (Lipinski definition) is 4. The molecule has 0 aliphatic heterocycles. The molecule has 0 aliphatic carbocycles. The number of nitriles is 1. The molecule has 0 unspecified atom stereocenters. The lowest BCUT2D eigenvalue weighted by molar-refractivity contribution is 0.0429. The van der Waals surface area contributed by atoms with Gasteiger partial charge in [0.05, 0.1) is 0 Å². The van der Waals surface area contributed by atoms with E-state index in [1.54, 1.807) is 6.07 Å². The van der Waals surface area contributed by atoms with Crippen molar-refractivity contribution in [3.63, 3.8) is 0 Å². The van der Waals surface area contributed by atoms with Crippen molar-refractivity contribution >= 4 is 11.8 Å². The lowest BCUT2D eigenvalue weighted by Crippen LogP contribution is -2.13. The highest BCUT2D eigenvalue weighted by Crippen LogP contribution is 2.06. The second-order valence-electron chi connectivity index (χ2n) is 3.03. The fourth-order valence-electron chi connectivity index (χ4n) is 0.966. The van der Waals surface area contributed by atoms with E-state index in [-0.39, 0.29) is 11.5 Å². The minimum absolute atomic E-state index is 0.140. The van der Waals surface area contributed by atoms with Gasteiger partial charge in [0.15, 0.2) is 11.9 Å². The Kier molecular flexibility index (Phi) is 3.24. The molecule has 0 radical (unpaired) electrons. The Balaban J connectivity index is 2.75. The molecule has 0 aliphatic rings. The molecule has 15 heavy (non-hydrogen) atoms. The molecule has 1 atom stereocenters. The number of carbonyl (C=O) groups is 2. The van der Waals surface area contributed by atoms with Crippen molar-refractivity contribution in [2.24, 2.45) is 0 Å². The number of Topliss-reactive ketones (excluding diaryl/α,β-unsaturated/α-hetero) is 1. The van der Waals surface area contributed by atoms with E-state index < -0.39 is 12.1 Å². The van der Waals surface area contributed by atoms with Gasteiger partial charge in [-0.05, 0) is 19.9 Å². The van der Waals surface area contributed by atoms with Crippen LogP contribution in [0.25, 0.3) is 0 Å². The van der Waals surface area contributed by atoms with Crippen LogP contribution in [0.4, 0.5) is 0 Å². The second-order valence-corrected chi connectivity index (χ2v) is 3.03. The summed E-state index contributed by atoms with van der Waals surface area (Å²) in [6, 6.07) is 3.17. The minimum Gasteiger partial charge on any atom is -0.443 e. The number of aromatic amines is 1. The Labute approximate surface area is 86.7 Å².